The molecule has 21 heavy (non-hydrogen) atoms. The molecule has 1 aliphatic carbocycles. The zero-order chi connectivity index (χ0) is 15.1. The van der Waals surface area contributed by atoms with Crippen LogP contribution in [0.4, 0.5) is 11.6 Å². The minimum absolute atomic E-state index is 0.163. The fourth-order valence-electron chi connectivity index (χ4n) is 2.89. The molecule has 0 amide bonds. The van der Waals surface area contributed by atoms with Crippen LogP contribution in [0.2, 0.25) is 0 Å². The topological polar surface area (TPSA) is 70.1 Å². The summed E-state index contributed by atoms with van der Waals surface area (Å²) >= 11 is 0. The lowest BCUT2D eigenvalue weighted by Crippen LogP contribution is -2.44. The molecule has 1 aliphatic rings. The van der Waals surface area contributed by atoms with Gasteiger partial charge in [-0.05, 0) is 19.3 Å². The van der Waals surface area contributed by atoms with Crippen molar-refractivity contribution >= 4 is 11.6 Å². The van der Waals surface area contributed by atoms with E-state index in [1.165, 1.54) is 19.3 Å². The van der Waals surface area contributed by atoms with Crippen molar-refractivity contribution in [2.24, 2.45) is 0 Å². The first kappa shape index (κ1) is 16.0. The third kappa shape index (κ3) is 4.30. The van der Waals surface area contributed by atoms with Gasteiger partial charge in [-0.15, -0.1) is 0 Å². The van der Waals surface area contributed by atoms with Crippen LogP contribution < -0.4 is 10.6 Å². The Bertz CT molecular complexity index is 444. The third-order valence-electron chi connectivity index (χ3n) is 4.15. The average molecular weight is 292 g/mol. The van der Waals surface area contributed by atoms with Gasteiger partial charge in [0.25, 0.3) is 0 Å². The lowest BCUT2D eigenvalue weighted by molar-refractivity contribution is 0.172. The molecule has 5 nitrogen and oxygen atoms in total. The zero-order valence-electron chi connectivity index (χ0n) is 13.3. The normalized spacial score (nSPS) is 17.5. The van der Waals surface area contributed by atoms with Gasteiger partial charge in [0.2, 0.25) is 0 Å². The molecule has 0 saturated heterocycles. The summed E-state index contributed by atoms with van der Waals surface area (Å²) in [6.45, 7) is 5.27. The van der Waals surface area contributed by atoms with Gasteiger partial charge in [-0.3, -0.25) is 0 Å². The molecule has 1 fully saturated rings. The Morgan fingerprint density at radius 3 is 2.48 bits per heavy atom. The Hall–Kier alpha value is -1.36. The second-order valence-electron chi connectivity index (χ2n) is 5.96. The smallest absolute Gasteiger partial charge is 0.132 e. The Balaban J connectivity index is 2.16. The standard InChI is InChI=1S/C16H28N4O/c1-3-10-17-14-11-15(19-13(4-2)18-14)20-16(12-21)8-6-5-7-9-16/h11,21H,3-10,12H2,1-2H3,(H2,17,18,19,20). The molecule has 0 aromatic carbocycles. The number of nitrogens with zero attached hydrogens (tertiary/aromatic N) is 2. The van der Waals surface area contributed by atoms with Crippen LogP contribution in [0, 0.1) is 0 Å². The Morgan fingerprint density at radius 2 is 1.86 bits per heavy atom. The second-order valence-corrected chi connectivity index (χ2v) is 5.96. The molecule has 118 valence electrons. The monoisotopic (exact) mass is 292 g/mol. The minimum Gasteiger partial charge on any atom is -0.394 e. The molecule has 0 bridgehead atoms. The molecule has 3 N–H and O–H groups in total. The molecule has 1 aromatic heterocycles. The first-order valence-electron chi connectivity index (χ1n) is 8.22. The first-order chi connectivity index (χ1) is 10.2. The van der Waals surface area contributed by atoms with Crippen molar-refractivity contribution in [2.75, 3.05) is 23.8 Å². The second kappa shape index (κ2) is 7.59. The molecule has 1 heterocycles. The van der Waals surface area contributed by atoms with Crippen LogP contribution >= 0.6 is 0 Å². The van der Waals surface area contributed by atoms with E-state index in [9.17, 15) is 5.11 Å². The van der Waals surface area contributed by atoms with Gasteiger partial charge >= 0.3 is 0 Å². The van der Waals surface area contributed by atoms with Gasteiger partial charge in [-0.1, -0.05) is 33.1 Å². The highest BCUT2D eigenvalue weighted by Gasteiger charge is 2.31. The predicted molar refractivity (Wildman–Crippen MR) is 86.7 cm³/mol. The number of aliphatic hydroxyl groups is 1. The number of aryl methyl sites for hydroxylation is 1. The number of hydrogen-bond donors (Lipinski definition) is 3. The third-order valence-corrected chi connectivity index (χ3v) is 4.15. The van der Waals surface area contributed by atoms with Crippen LogP contribution in [0.15, 0.2) is 6.07 Å². The van der Waals surface area contributed by atoms with Crippen LogP contribution in [0.25, 0.3) is 0 Å². The van der Waals surface area contributed by atoms with E-state index in [1.807, 2.05) is 6.07 Å². The Labute approximate surface area is 127 Å². The van der Waals surface area contributed by atoms with Crippen molar-refractivity contribution in [3.63, 3.8) is 0 Å². The SMILES string of the molecule is CCCNc1cc(NC2(CO)CCCCC2)nc(CC)n1. The van der Waals surface area contributed by atoms with Gasteiger partial charge in [-0.2, -0.15) is 0 Å². The summed E-state index contributed by atoms with van der Waals surface area (Å²) in [4.78, 5) is 9.08. The van der Waals surface area contributed by atoms with E-state index in [-0.39, 0.29) is 12.1 Å². The maximum atomic E-state index is 9.82. The molecule has 0 spiro atoms. The fourth-order valence-corrected chi connectivity index (χ4v) is 2.89. The largest absolute Gasteiger partial charge is 0.394 e. The molecule has 0 aliphatic heterocycles. The Morgan fingerprint density at radius 1 is 1.14 bits per heavy atom. The molecule has 2 rings (SSSR count). The van der Waals surface area contributed by atoms with E-state index in [2.05, 4.69) is 34.4 Å². The molecule has 1 aromatic rings. The molecule has 0 unspecified atom stereocenters. The Kier molecular flexibility index (Phi) is 5.79. The van der Waals surface area contributed by atoms with Crippen LogP contribution in [0.3, 0.4) is 0 Å². The highest BCUT2D eigenvalue weighted by Crippen LogP contribution is 2.31. The van der Waals surface area contributed by atoms with E-state index in [0.717, 1.165) is 49.7 Å². The zero-order valence-corrected chi connectivity index (χ0v) is 13.3. The molecule has 1 saturated carbocycles. The van der Waals surface area contributed by atoms with E-state index in [0.29, 0.717) is 0 Å². The highest BCUT2D eigenvalue weighted by molar-refractivity contribution is 5.49. The van der Waals surface area contributed by atoms with Gasteiger partial charge in [0.1, 0.15) is 17.5 Å². The maximum Gasteiger partial charge on any atom is 0.132 e. The number of hydrogen-bond acceptors (Lipinski definition) is 5. The van der Waals surface area contributed by atoms with Crippen molar-refractivity contribution in [1.82, 2.24) is 9.97 Å². The summed E-state index contributed by atoms with van der Waals surface area (Å²) in [6, 6.07) is 1.96. The fraction of sp³-hybridized carbons (Fsp3) is 0.750. The van der Waals surface area contributed by atoms with Crippen molar-refractivity contribution in [1.29, 1.82) is 0 Å². The lowest BCUT2D eigenvalue weighted by Gasteiger charge is -2.37. The van der Waals surface area contributed by atoms with Crippen LogP contribution in [0.1, 0.15) is 58.2 Å². The average Bonchev–Trinajstić information content (AvgIpc) is 2.53. The number of nitrogens with one attached hydrogen (secondary N) is 2. The van der Waals surface area contributed by atoms with Crippen molar-refractivity contribution in [2.45, 2.75) is 64.3 Å². The maximum absolute atomic E-state index is 9.82. The summed E-state index contributed by atoms with van der Waals surface area (Å²) in [7, 11) is 0. The summed E-state index contributed by atoms with van der Waals surface area (Å²) in [6.07, 6.45) is 7.48. The number of aliphatic hydroxyl groups excluding tert-OH is 1. The van der Waals surface area contributed by atoms with Gasteiger partial charge in [0.05, 0.1) is 12.1 Å². The summed E-state index contributed by atoms with van der Waals surface area (Å²) < 4.78 is 0. The van der Waals surface area contributed by atoms with Crippen molar-refractivity contribution in [3.05, 3.63) is 11.9 Å². The predicted octanol–water partition coefficient (Wildman–Crippen LogP) is 2.97. The van der Waals surface area contributed by atoms with Crippen LogP contribution in [0.5, 0.6) is 0 Å². The molecule has 0 radical (unpaired) electrons. The molecular weight excluding hydrogens is 264 g/mol. The van der Waals surface area contributed by atoms with Crippen LogP contribution in [-0.4, -0.2) is 33.8 Å². The van der Waals surface area contributed by atoms with Crippen molar-refractivity contribution in [3.8, 4) is 0 Å². The lowest BCUT2D eigenvalue weighted by atomic mass is 9.82. The molecule has 0 atom stereocenters. The van der Waals surface area contributed by atoms with Gasteiger partial charge < -0.3 is 15.7 Å². The summed E-state index contributed by atoms with van der Waals surface area (Å²) in [5.41, 5.74) is -0.209. The van der Waals surface area contributed by atoms with Crippen LogP contribution in [-0.2, 0) is 6.42 Å². The minimum atomic E-state index is -0.209. The molecule has 5 heteroatoms. The van der Waals surface area contributed by atoms with E-state index < -0.39 is 0 Å². The van der Waals surface area contributed by atoms with Gasteiger partial charge in [0, 0.05) is 19.0 Å². The van der Waals surface area contributed by atoms with Gasteiger partial charge in [-0.25, -0.2) is 9.97 Å². The summed E-state index contributed by atoms with van der Waals surface area (Å²) in [5.74, 6) is 2.54. The number of rotatable bonds is 7. The quantitative estimate of drug-likeness (QED) is 0.721. The van der Waals surface area contributed by atoms with E-state index in [4.69, 9.17) is 0 Å². The summed E-state index contributed by atoms with van der Waals surface area (Å²) in [5, 5.41) is 16.6. The van der Waals surface area contributed by atoms with Gasteiger partial charge in [0.15, 0.2) is 0 Å². The van der Waals surface area contributed by atoms with E-state index >= 15 is 0 Å². The number of anilines is 2. The molecular formula is C16H28N4O. The first-order valence-corrected chi connectivity index (χ1v) is 8.22. The van der Waals surface area contributed by atoms with Crippen molar-refractivity contribution < 1.29 is 5.11 Å². The highest BCUT2D eigenvalue weighted by atomic mass is 16.3. The number of aromatic nitrogens is 2. The van der Waals surface area contributed by atoms with E-state index in [1.54, 1.807) is 0 Å².